The third kappa shape index (κ3) is 4.52. The predicted molar refractivity (Wildman–Crippen MR) is 122 cm³/mol. The second-order valence-corrected chi connectivity index (χ2v) is 8.99. The number of carbonyl (C=O) groups is 2. The summed E-state index contributed by atoms with van der Waals surface area (Å²) < 4.78 is 11.3. The Morgan fingerprint density at radius 3 is 2.03 bits per heavy atom. The van der Waals surface area contributed by atoms with Crippen LogP contribution in [-0.4, -0.2) is 23.2 Å². The fraction of sp³-hybridized carbons (Fsp3) is 0.259. The molecule has 3 aromatic rings. The van der Waals surface area contributed by atoms with Gasteiger partial charge >= 0.3 is 12.1 Å². The summed E-state index contributed by atoms with van der Waals surface area (Å²) in [5, 5.41) is 0. The lowest BCUT2D eigenvalue weighted by Crippen LogP contribution is -2.45. The van der Waals surface area contributed by atoms with E-state index in [4.69, 9.17) is 9.47 Å². The van der Waals surface area contributed by atoms with Gasteiger partial charge in [-0.05, 0) is 22.3 Å². The molecule has 4 rings (SSSR count). The maximum atomic E-state index is 13.2. The molecule has 164 valence electrons. The number of esters is 1. The smallest absolute Gasteiger partial charge is 0.414 e. The highest BCUT2D eigenvalue weighted by molar-refractivity contribution is 5.86. The molecule has 3 aromatic carbocycles. The molecule has 1 fully saturated rings. The van der Waals surface area contributed by atoms with Crippen LogP contribution in [0.2, 0.25) is 0 Å². The van der Waals surface area contributed by atoms with Crippen molar-refractivity contribution in [3.05, 3.63) is 96.1 Å². The Bertz CT molecular complexity index is 1070. The average molecular weight is 430 g/mol. The standard InChI is InChI=1S/C27H27NO4/c1-27(2,3)25-28(26(30)31-18-19-10-6-4-7-11-19)23(24(29)32-25)22-16-14-21(15-17-22)20-12-8-5-9-13-20/h4-17,23,25H,18H2,1-3H3/t23-,25+/m1/s1. The normalized spacial score (nSPS) is 18.3. The van der Waals surface area contributed by atoms with Crippen LogP contribution in [0.4, 0.5) is 4.79 Å². The van der Waals surface area contributed by atoms with Crippen molar-refractivity contribution in [3.63, 3.8) is 0 Å². The van der Waals surface area contributed by atoms with E-state index < -0.39 is 29.7 Å². The zero-order chi connectivity index (χ0) is 22.7. The second-order valence-electron chi connectivity index (χ2n) is 8.99. The first-order chi connectivity index (χ1) is 15.3. The van der Waals surface area contributed by atoms with Crippen LogP contribution in [0.25, 0.3) is 11.1 Å². The van der Waals surface area contributed by atoms with E-state index >= 15 is 0 Å². The lowest BCUT2D eigenvalue weighted by Gasteiger charge is -2.33. The van der Waals surface area contributed by atoms with Crippen LogP contribution in [0.1, 0.15) is 37.9 Å². The lowest BCUT2D eigenvalue weighted by molar-refractivity contribution is -0.147. The highest BCUT2D eigenvalue weighted by atomic mass is 16.6. The Kier molecular flexibility index (Phi) is 5.99. The lowest BCUT2D eigenvalue weighted by atomic mass is 9.92. The monoisotopic (exact) mass is 429 g/mol. The van der Waals surface area contributed by atoms with Gasteiger partial charge in [0, 0.05) is 5.41 Å². The van der Waals surface area contributed by atoms with E-state index in [1.165, 1.54) is 4.90 Å². The van der Waals surface area contributed by atoms with E-state index in [0.717, 1.165) is 16.7 Å². The van der Waals surface area contributed by atoms with Crippen LogP contribution in [0.5, 0.6) is 0 Å². The summed E-state index contributed by atoms with van der Waals surface area (Å²) in [6, 6.07) is 26.3. The first-order valence-electron chi connectivity index (χ1n) is 10.7. The summed E-state index contributed by atoms with van der Waals surface area (Å²) in [6.07, 6.45) is -1.30. The molecule has 1 amide bonds. The minimum Gasteiger partial charge on any atom is -0.444 e. The van der Waals surface area contributed by atoms with E-state index in [9.17, 15) is 9.59 Å². The third-order valence-electron chi connectivity index (χ3n) is 5.47. The fourth-order valence-electron chi connectivity index (χ4n) is 3.85. The summed E-state index contributed by atoms with van der Waals surface area (Å²) in [5.41, 5.74) is 3.22. The van der Waals surface area contributed by atoms with Gasteiger partial charge < -0.3 is 9.47 Å². The highest BCUT2D eigenvalue weighted by Crippen LogP contribution is 2.40. The Labute approximate surface area is 188 Å². The summed E-state index contributed by atoms with van der Waals surface area (Å²) >= 11 is 0. The molecular weight excluding hydrogens is 402 g/mol. The van der Waals surface area contributed by atoms with Gasteiger partial charge in [0.05, 0.1) is 0 Å². The molecular formula is C27H27NO4. The van der Waals surface area contributed by atoms with Crippen molar-refractivity contribution in [2.24, 2.45) is 5.41 Å². The van der Waals surface area contributed by atoms with Crippen molar-refractivity contribution < 1.29 is 19.1 Å². The molecule has 0 bridgehead atoms. The highest BCUT2D eigenvalue weighted by Gasteiger charge is 2.51. The Balaban J connectivity index is 1.61. The first kappa shape index (κ1) is 21.6. The fourth-order valence-corrected chi connectivity index (χ4v) is 3.85. The summed E-state index contributed by atoms with van der Waals surface area (Å²) in [4.78, 5) is 27.5. The Hall–Kier alpha value is -3.60. The molecule has 1 saturated heterocycles. The van der Waals surface area contributed by atoms with Gasteiger partial charge in [0.25, 0.3) is 0 Å². The van der Waals surface area contributed by atoms with Crippen LogP contribution in [0, 0.1) is 5.41 Å². The van der Waals surface area contributed by atoms with Crippen LogP contribution < -0.4 is 0 Å². The maximum absolute atomic E-state index is 13.2. The molecule has 0 unspecified atom stereocenters. The van der Waals surface area contributed by atoms with E-state index in [1.54, 1.807) is 0 Å². The van der Waals surface area contributed by atoms with Crippen molar-refractivity contribution in [3.8, 4) is 11.1 Å². The average Bonchev–Trinajstić information content (AvgIpc) is 3.16. The van der Waals surface area contributed by atoms with Gasteiger partial charge in [0.2, 0.25) is 0 Å². The second kappa shape index (κ2) is 8.87. The molecule has 0 aromatic heterocycles. The maximum Gasteiger partial charge on any atom is 0.414 e. The van der Waals surface area contributed by atoms with Gasteiger partial charge in [-0.2, -0.15) is 0 Å². The molecule has 5 heteroatoms. The van der Waals surface area contributed by atoms with Crippen molar-refractivity contribution in [1.29, 1.82) is 0 Å². The van der Waals surface area contributed by atoms with Crippen molar-refractivity contribution in [1.82, 2.24) is 4.90 Å². The van der Waals surface area contributed by atoms with Crippen LogP contribution >= 0.6 is 0 Å². The van der Waals surface area contributed by atoms with Gasteiger partial charge in [0.1, 0.15) is 6.61 Å². The quantitative estimate of drug-likeness (QED) is 0.480. The number of rotatable bonds is 4. The zero-order valence-corrected chi connectivity index (χ0v) is 18.5. The van der Waals surface area contributed by atoms with E-state index in [0.29, 0.717) is 5.56 Å². The number of hydrogen-bond donors (Lipinski definition) is 0. The third-order valence-corrected chi connectivity index (χ3v) is 5.47. The molecule has 1 aliphatic rings. The topological polar surface area (TPSA) is 55.8 Å². The largest absolute Gasteiger partial charge is 0.444 e. The molecule has 0 N–H and O–H groups in total. The molecule has 32 heavy (non-hydrogen) atoms. The summed E-state index contributed by atoms with van der Waals surface area (Å²) in [7, 11) is 0. The van der Waals surface area contributed by atoms with E-state index in [2.05, 4.69) is 0 Å². The van der Waals surface area contributed by atoms with Crippen LogP contribution in [0.15, 0.2) is 84.9 Å². The van der Waals surface area contributed by atoms with Gasteiger partial charge in [-0.1, -0.05) is 106 Å². The van der Waals surface area contributed by atoms with Gasteiger partial charge in [-0.3, -0.25) is 4.90 Å². The van der Waals surface area contributed by atoms with Crippen molar-refractivity contribution in [2.75, 3.05) is 0 Å². The summed E-state index contributed by atoms with van der Waals surface area (Å²) in [5.74, 6) is -0.450. The van der Waals surface area contributed by atoms with Gasteiger partial charge in [-0.25, -0.2) is 9.59 Å². The van der Waals surface area contributed by atoms with E-state index in [-0.39, 0.29) is 6.61 Å². The number of amides is 1. The Morgan fingerprint density at radius 2 is 1.44 bits per heavy atom. The minimum atomic E-state index is -0.854. The molecule has 2 atom stereocenters. The number of benzene rings is 3. The summed E-state index contributed by atoms with van der Waals surface area (Å²) in [6.45, 7) is 5.93. The molecule has 0 radical (unpaired) electrons. The van der Waals surface area contributed by atoms with Crippen LogP contribution in [0.3, 0.4) is 0 Å². The number of nitrogens with zero attached hydrogens (tertiary/aromatic N) is 1. The molecule has 0 saturated carbocycles. The van der Waals surface area contributed by atoms with Crippen molar-refractivity contribution in [2.45, 2.75) is 39.6 Å². The molecule has 0 aliphatic carbocycles. The molecule has 0 spiro atoms. The molecule has 1 heterocycles. The molecule has 1 aliphatic heterocycles. The number of cyclic esters (lactones) is 1. The number of carbonyl (C=O) groups excluding carboxylic acids is 2. The van der Waals surface area contributed by atoms with E-state index in [1.807, 2.05) is 106 Å². The van der Waals surface area contributed by atoms with Crippen molar-refractivity contribution >= 4 is 12.1 Å². The first-order valence-corrected chi connectivity index (χ1v) is 10.7. The SMILES string of the molecule is CC(C)(C)[C@@H]1OC(=O)[C@@H](c2ccc(-c3ccccc3)cc2)N1C(=O)OCc1ccccc1. The number of ether oxygens (including phenoxy) is 2. The zero-order valence-electron chi connectivity index (χ0n) is 18.5. The Morgan fingerprint density at radius 1 is 0.875 bits per heavy atom. The minimum absolute atomic E-state index is 0.126. The predicted octanol–water partition coefficient (Wildman–Crippen LogP) is 5.96. The van der Waals surface area contributed by atoms with Gasteiger partial charge in [-0.15, -0.1) is 0 Å². The van der Waals surface area contributed by atoms with Crippen LogP contribution in [-0.2, 0) is 20.9 Å². The van der Waals surface area contributed by atoms with Gasteiger partial charge in [0.15, 0.2) is 12.3 Å². The number of hydrogen-bond acceptors (Lipinski definition) is 4. The molecule has 5 nitrogen and oxygen atoms in total.